The molecule has 0 amide bonds. The number of hydrogen-bond acceptors (Lipinski definition) is 2. The molecule has 0 spiro atoms. The van der Waals surface area contributed by atoms with E-state index in [0.717, 1.165) is 24.2 Å². The van der Waals surface area contributed by atoms with Crippen LogP contribution >= 0.6 is 0 Å². The number of benzene rings is 1. The zero-order chi connectivity index (χ0) is 13.9. The first-order valence-corrected chi connectivity index (χ1v) is 6.59. The Balaban J connectivity index is 3.69. The molecule has 1 aromatic rings. The van der Waals surface area contributed by atoms with Crippen molar-refractivity contribution < 1.29 is 4.84 Å². The summed E-state index contributed by atoms with van der Waals surface area (Å²) in [5.41, 5.74) is 5.02. The normalized spacial score (nSPS) is 11.4. The summed E-state index contributed by atoms with van der Waals surface area (Å²) < 4.78 is 0. The van der Waals surface area contributed by atoms with Gasteiger partial charge in [-0.3, -0.25) is 0 Å². The Kier molecular flexibility index (Phi) is 4.58. The van der Waals surface area contributed by atoms with Crippen molar-refractivity contribution in [3.63, 3.8) is 0 Å². The fourth-order valence-electron chi connectivity index (χ4n) is 2.52. The number of rotatable bonds is 4. The molecule has 0 unspecified atom stereocenters. The maximum absolute atomic E-state index is 5.44. The Morgan fingerprint density at radius 1 is 1.22 bits per heavy atom. The molecule has 0 aromatic heterocycles. The second-order valence-electron chi connectivity index (χ2n) is 5.58. The standard InChI is InChI=1S/C16H25NO/c1-7-11-10-14(16(4,5)6)12(8-2)13(9-3)15(11)18-17/h7,10H,1,8-9,17H2,2-6H3. The molecular formula is C16H25NO. The van der Waals surface area contributed by atoms with Gasteiger partial charge >= 0.3 is 0 Å². The lowest BCUT2D eigenvalue weighted by molar-refractivity contribution is 0.329. The van der Waals surface area contributed by atoms with E-state index in [-0.39, 0.29) is 5.41 Å². The van der Waals surface area contributed by atoms with Gasteiger partial charge in [-0.25, -0.2) is 0 Å². The fraction of sp³-hybridized carbons (Fsp3) is 0.500. The molecule has 2 heteroatoms. The van der Waals surface area contributed by atoms with Crippen LogP contribution < -0.4 is 10.7 Å². The topological polar surface area (TPSA) is 35.2 Å². The molecule has 0 heterocycles. The van der Waals surface area contributed by atoms with Crippen LogP contribution in [0.2, 0.25) is 0 Å². The molecule has 0 radical (unpaired) electrons. The Labute approximate surface area is 111 Å². The summed E-state index contributed by atoms with van der Waals surface area (Å²) in [4.78, 5) is 5.10. The third-order valence-electron chi connectivity index (χ3n) is 3.38. The monoisotopic (exact) mass is 247 g/mol. The summed E-state index contributed by atoms with van der Waals surface area (Å²) >= 11 is 0. The van der Waals surface area contributed by atoms with Crippen molar-refractivity contribution in [2.24, 2.45) is 5.90 Å². The van der Waals surface area contributed by atoms with Crippen LogP contribution in [-0.2, 0) is 18.3 Å². The maximum Gasteiger partial charge on any atom is 0.157 e. The molecule has 2 nitrogen and oxygen atoms in total. The maximum atomic E-state index is 5.44. The molecule has 0 saturated heterocycles. The van der Waals surface area contributed by atoms with E-state index < -0.39 is 0 Å². The first-order chi connectivity index (χ1) is 8.40. The Hall–Kier alpha value is -1.28. The molecule has 1 rings (SSSR count). The van der Waals surface area contributed by atoms with Crippen molar-refractivity contribution in [3.8, 4) is 5.75 Å². The highest BCUT2D eigenvalue weighted by molar-refractivity contribution is 5.63. The van der Waals surface area contributed by atoms with Gasteiger partial charge in [-0.15, -0.1) is 0 Å². The molecule has 0 saturated carbocycles. The van der Waals surface area contributed by atoms with Crippen LogP contribution in [0.4, 0.5) is 0 Å². The van der Waals surface area contributed by atoms with Gasteiger partial charge in [-0.2, -0.15) is 5.90 Å². The second-order valence-corrected chi connectivity index (χ2v) is 5.58. The third kappa shape index (κ3) is 2.59. The van der Waals surface area contributed by atoms with Gasteiger partial charge in [-0.1, -0.05) is 47.3 Å². The summed E-state index contributed by atoms with van der Waals surface area (Å²) in [6, 6.07) is 2.16. The summed E-state index contributed by atoms with van der Waals surface area (Å²) in [6.45, 7) is 14.9. The lowest BCUT2D eigenvalue weighted by Crippen LogP contribution is -2.18. The molecule has 0 aliphatic carbocycles. The van der Waals surface area contributed by atoms with Crippen molar-refractivity contribution in [3.05, 3.63) is 34.9 Å². The van der Waals surface area contributed by atoms with E-state index in [1.54, 1.807) is 0 Å². The third-order valence-corrected chi connectivity index (χ3v) is 3.38. The van der Waals surface area contributed by atoms with E-state index in [2.05, 4.69) is 47.3 Å². The van der Waals surface area contributed by atoms with Crippen molar-refractivity contribution >= 4 is 6.08 Å². The average molecular weight is 247 g/mol. The predicted octanol–water partition coefficient (Wildman–Crippen LogP) is 4.00. The van der Waals surface area contributed by atoms with Gasteiger partial charge < -0.3 is 4.84 Å². The van der Waals surface area contributed by atoms with Crippen LogP contribution in [0.25, 0.3) is 6.08 Å². The highest BCUT2D eigenvalue weighted by Crippen LogP contribution is 2.37. The molecule has 1 aromatic carbocycles. The second kappa shape index (κ2) is 5.57. The largest absolute Gasteiger partial charge is 0.411 e. The molecule has 0 atom stereocenters. The summed E-state index contributed by atoms with van der Waals surface area (Å²) in [7, 11) is 0. The molecule has 0 bridgehead atoms. The first kappa shape index (κ1) is 14.8. The minimum absolute atomic E-state index is 0.111. The number of hydrogen-bond donors (Lipinski definition) is 1. The van der Waals surface area contributed by atoms with E-state index in [4.69, 9.17) is 10.7 Å². The molecule has 2 N–H and O–H groups in total. The average Bonchev–Trinajstić information content (AvgIpc) is 2.34. The lowest BCUT2D eigenvalue weighted by atomic mass is 9.79. The summed E-state index contributed by atoms with van der Waals surface area (Å²) in [5, 5.41) is 0. The first-order valence-electron chi connectivity index (χ1n) is 6.59. The van der Waals surface area contributed by atoms with Gasteiger partial charge in [0, 0.05) is 11.1 Å². The van der Waals surface area contributed by atoms with Gasteiger partial charge in [0.25, 0.3) is 0 Å². The quantitative estimate of drug-likeness (QED) is 0.816. The zero-order valence-electron chi connectivity index (χ0n) is 12.3. The predicted molar refractivity (Wildman–Crippen MR) is 78.8 cm³/mol. The fourth-order valence-corrected chi connectivity index (χ4v) is 2.52. The molecule has 18 heavy (non-hydrogen) atoms. The molecule has 100 valence electrons. The van der Waals surface area contributed by atoms with Gasteiger partial charge in [-0.05, 0) is 35.4 Å². The van der Waals surface area contributed by atoms with Crippen LogP contribution in [0.3, 0.4) is 0 Å². The summed E-state index contributed by atoms with van der Waals surface area (Å²) in [6.07, 6.45) is 3.72. The zero-order valence-corrected chi connectivity index (χ0v) is 12.3. The van der Waals surface area contributed by atoms with Crippen LogP contribution in [-0.4, -0.2) is 0 Å². The van der Waals surface area contributed by atoms with Crippen molar-refractivity contribution in [1.29, 1.82) is 0 Å². The van der Waals surface area contributed by atoms with Crippen LogP contribution in [0.15, 0.2) is 12.6 Å². The van der Waals surface area contributed by atoms with Gasteiger partial charge in [0.2, 0.25) is 0 Å². The number of nitrogens with two attached hydrogens (primary N) is 1. The van der Waals surface area contributed by atoms with Crippen molar-refractivity contribution in [1.82, 2.24) is 0 Å². The van der Waals surface area contributed by atoms with E-state index >= 15 is 0 Å². The SMILES string of the molecule is C=Cc1cc(C(C)(C)C)c(CC)c(CC)c1ON. The minimum Gasteiger partial charge on any atom is -0.411 e. The Morgan fingerprint density at radius 3 is 2.11 bits per heavy atom. The highest BCUT2D eigenvalue weighted by Gasteiger charge is 2.23. The van der Waals surface area contributed by atoms with Gasteiger partial charge in [0.05, 0.1) is 0 Å². The molecular weight excluding hydrogens is 222 g/mol. The van der Waals surface area contributed by atoms with E-state index in [0.29, 0.717) is 0 Å². The highest BCUT2D eigenvalue weighted by atomic mass is 16.6. The molecule has 0 aliphatic rings. The van der Waals surface area contributed by atoms with Crippen LogP contribution in [0.5, 0.6) is 5.75 Å². The molecule has 0 fully saturated rings. The van der Waals surface area contributed by atoms with Crippen molar-refractivity contribution in [2.75, 3.05) is 0 Å². The summed E-state index contributed by atoms with van der Waals surface area (Å²) in [5.74, 6) is 6.21. The van der Waals surface area contributed by atoms with E-state index in [1.807, 2.05) is 6.08 Å². The Morgan fingerprint density at radius 2 is 1.78 bits per heavy atom. The lowest BCUT2D eigenvalue weighted by Gasteiger charge is -2.27. The van der Waals surface area contributed by atoms with Gasteiger partial charge in [0.15, 0.2) is 5.75 Å². The van der Waals surface area contributed by atoms with E-state index in [9.17, 15) is 0 Å². The van der Waals surface area contributed by atoms with E-state index in [1.165, 1.54) is 16.7 Å². The Bertz CT molecular complexity index is 441. The van der Waals surface area contributed by atoms with Gasteiger partial charge in [0.1, 0.15) is 0 Å². The smallest absolute Gasteiger partial charge is 0.157 e. The van der Waals surface area contributed by atoms with Crippen molar-refractivity contribution in [2.45, 2.75) is 52.9 Å². The molecule has 0 aliphatic heterocycles. The minimum atomic E-state index is 0.111. The van der Waals surface area contributed by atoms with Crippen LogP contribution in [0, 0.1) is 0 Å². The van der Waals surface area contributed by atoms with Crippen LogP contribution in [0.1, 0.15) is 56.9 Å².